The Morgan fingerprint density at radius 3 is 2.42 bits per heavy atom. The Kier molecular flexibility index (Phi) is 8.10. The van der Waals surface area contributed by atoms with Crippen LogP contribution in [0, 0.1) is 0 Å². The van der Waals surface area contributed by atoms with Crippen molar-refractivity contribution in [3.8, 4) is 0 Å². The number of amides is 1. The third-order valence-corrected chi connectivity index (χ3v) is 4.69. The monoisotopic (exact) mass is 374 g/mol. The molecule has 1 saturated heterocycles. The lowest BCUT2D eigenvalue weighted by Gasteiger charge is -2.32. The number of morpholine rings is 1. The molecule has 0 radical (unpaired) electrons. The number of ether oxygens (including phenoxy) is 1. The zero-order chi connectivity index (χ0) is 17.5. The van der Waals surface area contributed by atoms with Crippen LogP contribution in [-0.2, 0) is 16.1 Å². The van der Waals surface area contributed by atoms with Crippen molar-refractivity contribution in [3.63, 3.8) is 0 Å². The van der Waals surface area contributed by atoms with Crippen LogP contribution in [0.25, 0.3) is 0 Å². The molecule has 2 aromatic carbocycles. The molecule has 2 atom stereocenters. The van der Waals surface area contributed by atoms with E-state index in [0.717, 1.165) is 24.3 Å². The van der Waals surface area contributed by atoms with Gasteiger partial charge in [-0.25, -0.2) is 0 Å². The van der Waals surface area contributed by atoms with Gasteiger partial charge in [0.2, 0.25) is 5.91 Å². The lowest BCUT2D eigenvalue weighted by atomic mass is 10.0. The first kappa shape index (κ1) is 20.4. The summed E-state index contributed by atoms with van der Waals surface area (Å²) in [4.78, 5) is 15.0. The molecule has 2 unspecified atom stereocenters. The van der Waals surface area contributed by atoms with E-state index in [0.29, 0.717) is 19.6 Å². The molecule has 1 heterocycles. The Labute approximate surface area is 162 Å². The second-order valence-corrected chi connectivity index (χ2v) is 6.52. The van der Waals surface area contributed by atoms with Crippen LogP contribution < -0.4 is 5.32 Å². The molecule has 1 N–H and O–H groups in total. The minimum Gasteiger partial charge on any atom is -0.378 e. The van der Waals surface area contributed by atoms with E-state index in [1.807, 2.05) is 41.3 Å². The SMILES string of the molecule is CC(c1ccccc1)N(Cc1ccccc1)C(=O)CC1COCCN1.Cl. The van der Waals surface area contributed by atoms with Crippen LogP contribution in [0.5, 0.6) is 0 Å². The van der Waals surface area contributed by atoms with E-state index in [4.69, 9.17) is 4.74 Å². The van der Waals surface area contributed by atoms with Gasteiger partial charge in [-0.3, -0.25) is 4.79 Å². The standard InChI is InChI=1S/C21H26N2O2.ClH/c1-17(19-10-6-3-7-11-19)23(15-18-8-4-2-5-9-18)21(24)14-20-16-25-13-12-22-20;/h2-11,17,20,22H,12-16H2,1H3;1H. The van der Waals surface area contributed by atoms with Crippen molar-refractivity contribution in [2.24, 2.45) is 0 Å². The first-order valence-electron chi connectivity index (χ1n) is 8.93. The first-order chi connectivity index (χ1) is 12.2. The maximum atomic E-state index is 13.1. The van der Waals surface area contributed by atoms with Gasteiger partial charge in [-0.2, -0.15) is 0 Å². The van der Waals surface area contributed by atoms with E-state index in [2.05, 4.69) is 36.5 Å². The van der Waals surface area contributed by atoms with Gasteiger partial charge < -0.3 is 15.0 Å². The highest BCUT2D eigenvalue weighted by Crippen LogP contribution is 2.23. The molecule has 0 bridgehead atoms. The predicted molar refractivity (Wildman–Crippen MR) is 106 cm³/mol. The lowest BCUT2D eigenvalue weighted by molar-refractivity contribution is -0.135. The van der Waals surface area contributed by atoms with Crippen molar-refractivity contribution in [1.29, 1.82) is 0 Å². The highest BCUT2D eigenvalue weighted by atomic mass is 35.5. The average molecular weight is 375 g/mol. The average Bonchev–Trinajstić information content (AvgIpc) is 2.68. The van der Waals surface area contributed by atoms with Crippen molar-refractivity contribution in [1.82, 2.24) is 10.2 Å². The van der Waals surface area contributed by atoms with Gasteiger partial charge in [-0.15, -0.1) is 12.4 Å². The Morgan fingerprint density at radius 1 is 1.15 bits per heavy atom. The highest BCUT2D eigenvalue weighted by Gasteiger charge is 2.25. The minimum atomic E-state index is 0. The fraction of sp³-hybridized carbons (Fsp3) is 0.381. The fourth-order valence-electron chi connectivity index (χ4n) is 3.21. The second kappa shape index (κ2) is 10.3. The normalized spacial score (nSPS) is 17.8. The molecule has 1 fully saturated rings. The molecule has 1 aliphatic rings. The van der Waals surface area contributed by atoms with Crippen LogP contribution >= 0.6 is 12.4 Å². The van der Waals surface area contributed by atoms with E-state index < -0.39 is 0 Å². The number of hydrogen-bond donors (Lipinski definition) is 1. The number of nitrogens with one attached hydrogen (secondary N) is 1. The first-order valence-corrected chi connectivity index (χ1v) is 8.93. The second-order valence-electron chi connectivity index (χ2n) is 6.52. The lowest BCUT2D eigenvalue weighted by Crippen LogP contribution is -2.45. The summed E-state index contributed by atoms with van der Waals surface area (Å²) in [5.41, 5.74) is 2.30. The predicted octanol–water partition coefficient (Wildman–Crippen LogP) is 3.58. The summed E-state index contributed by atoms with van der Waals surface area (Å²) in [5.74, 6) is 0.156. The van der Waals surface area contributed by atoms with Gasteiger partial charge in [-0.05, 0) is 18.1 Å². The molecule has 0 spiro atoms. The molecule has 26 heavy (non-hydrogen) atoms. The van der Waals surface area contributed by atoms with Gasteiger partial charge >= 0.3 is 0 Å². The molecule has 1 amide bonds. The number of halogens is 1. The number of carbonyl (C=O) groups excluding carboxylic acids is 1. The Bertz CT molecular complexity index is 660. The van der Waals surface area contributed by atoms with E-state index in [1.165, 1.54) is 0 Å². The molecule has 5 heteroatoms. The van der Waals surface area contributed by atoms with Gasteiger partial charge in [0, 0.05) is 25.6 Å². The van der Waals surface area contributed by atoms with E-state index in [1.54, 1.807) is 0 Å². The fourth-order valence-corrected chi connectivity index (χ4v) is 3.21. The van der Waals surface area contributed by atoms with Crippen LogP contribution in [0.2, 0.25) is 0 Å². The zero-order valence-electron chi connectivity index (χ0n) is 15.1. The van der Waals surface area contributed by atoms with Crippen LogP contribution in [0.4, 0.5) is 0 Å². The molecule has 4 nitrogen and oxygen atoms in total. The third-order valence-electron chi connectivity index (χ3n) is 4.69. The summed E-state index contributed by atoms with van der Waals surface area (Å²) in [6, 6.07) is 20.5. The molecular formula is C21H27ClN2O2. The quantitative estimate of drug-likeness (QED) is 0.840. The Morgan fingerprint density at radius 2 is 1.81 bits per heavy atom. The summed E-state index contributed by atoms with van der Waals surface area (Å²) in [5, 5.41) is 3.37. The highest BCUT2D eigenvalue weighted by molar-refractivity contribution is 5.85. The van der Waals surface area contributed by atoms with Gasteiger partial charge in [0.25, 0.3) is 0 Å². The molecule has 0 aromatic heterocycles. The van der Waals surface area contributed by atoms with Crippen LogP contribution in [0.15, 0.2) is 60.7 Å². The smallest absolute Gasteiger partial charge is 0.225 e. The third kappa shape index (κ3) is 5.56. The van der Waals surface area contributed by atoms with Gasteiger partial charge in [-0.1, -0.05) is 60.7 Å². The van der Waals surface area contributed by atoms with E-state index in [9.17, 15) is 4.79 Å². The van der Waals surface area contributed by atoms with Crippen molar-refractivity contribution in [2.75, 3.05) is 19.8 Å². The van der Waals surface area contributed by atoms with Crippen LogP contribution in [-0.4, -0.2) is 36.6 Å². The number of benzene rings is 2. The van der Waals surface area contributed by atoms with Gasteiger partial charge in [0.05, 0.1) is 19.3 Å². The Balaban J connectivity index is 0.00000243. The van der Waals surface area contributed by atoms with Gasteiger partial charge in [0.1, 0.15) is 0 Å². The Hall–Kier alpha value is -1.88. The molecule has 1 aliphatic heterocycles. The van der Waals surface area contributed by atoms with Crippen molar-refractivity contribution in [2.45, 2.75) is 32.0 Å². The maximum Gasteiger partial charge on any atom is 0.225 e. The molecule has 0 saturated carbocycles. The van der Waals surface area contributed by atoms with Crippen molar-refractivity contribution in [3.05, 3.63) is 71.8 Å². The number of carbonyl (C=O) groups is 1. The summed E-state index contributed by atoms with van der Waals surface area (Å²) >= 11 is 0. The zero-order valence-corrected chi connectivity index (χ0v) is 16.0. The minimum absolute atomic E-state index is 0. The molecule has 140 valence electrons. The summed E-state index contributed by atoms with van der Waals surface area (Å²) < 4.78 is 5.49. The van der Waals surface area contributed by atoms with Crippen molar-refractivity contribution >= 4 is 18.3 Å². The number of nitrogens with zero attached hydrogens (tertiary/aromatic N) is 1. The van der Waals surface area contributed by atoms with E-state index in [-0.39, 0.29) is 30.4 Å². The number of hydrogen-bond acceptors (Lipinski definition) is 3. The molecule has 0 aliphatic carbocycles. The molecule has 3 rings (SSSR count). The molecular weight excluding hydrogens is 348 g/mol. The number of rotatable bonds is 6. The topological polar surface area (TPSA) is 41.6 Å². The summed E-state index contributed by atoms with van der Waals surface area (Å²) in [7, 11) is 0. The van der Waals surface area contributed by atoms with Crippen LogP contribution in [0.3, 0.4) is 0 Å². The van der Waals surface area contributed by atoms with Gasteiger partial charge in [0.15, 0.2) is 0 Å². The molecule has 2 aromatic rings. The van der Waals surface area contributed by atoms with Crippen LogP contribution in [0.1, 0.15) is 30.5 Å². The largest absolute Gasteiger partial charge is 0.378 e. The van der Waals surface area contributed by atoms with Crippen molar-refractivity contribution < 1.29 is 9.53 Å². The summed E-state index contributed by atoms with van der Waals surface area (Å²) in [6.07, 6.45) is 0.462. The summed E-state index contributed by atoms with van der Waals surface area (Å²) in [6.45, 7) is 4.85. The maximum absolute atomic E-state index is 13.1. The van der Waals surface area contributed by atoms with E-state index >= 15 is 0 Å².